The molecule has 0 spiro atoms. The van der Waals surface area contributed by atoms with Crippen LogP contribution in [0, 0.1) is 12.7 Å². The molecule has 1 fully saturated rings. The van der Waals surface area contributed by atoms with Crippen LogP contribution in [0.25, 0.3) is 11.3 Å². The highest BCUT2D eigenvalue weighted by Gasteiger charge is 2.42. The molecule has 194 valence electrons. The molecule has 6 rings (SSSR count). The number of nitrogens with zero attached hydrogens (tertiary/aromatic N) is 2. The van der Waals surface area contributed by atoms with Gasteiger partial charge in [0.05, 0.1) is 17.3 Å². The predicted molar refractivity (Wildman–Crippen MR) is 157 cm³/mol. The van der Waals surface area contributed by atoms with Gasteiger partial charge in [-0.3, -0.25) is 4.98 Å². The van der Waals surface area contributed by atoms with Gasteiger partial charge in [0.1, 0.15) is 34.9 Å². The molecule has 39 heavy (non-hydrogen) atoms. The molecule has 5 nitrogen and oxygen atoms in total. The molecule has 1 aliphatic rings. The first-order valence-electron chi connectivity index (χ1n) is 12.4. The molecule has 1 N–H and O–H groups in total. The summed E-state index contributed by atoms with van der Waals surface area (Å²) in [7, 11) is 0. The molecule has 0 aliphatic carbocycles. The molecule has 0 saturated carbocycles. The van der Waals surface area contributed by atoms with Crippen LogP contribution in [-0.2, 0) is 0 Å². The average Bonchev–Trinajstić information content (AvgIpc) is 3.55. The maximum atomic E-state index is 14.7. The zero-order valence-corrected chi connectivity index (χ0v) is 23.2. The van der Waals surface area contributed by atoms with Crippen LogP contribution in [0.15, 0.2) is 112 Å². The number of halogens is 2. The normalized spacial score (nSPS) is 16.8. The summed E-state index contributed by atoms with van der Waals surface area (Å²) in [5.41, 5.74) is 3.24. The topological polar surface area (TPSA) is 50.5 Å². The lowest BCUT2D eigenvalue weighted by molar-refractivity contribution is 0.438. The van der Waals surface area contributed by atoms with Crippen LogP contribution in [0.5, 0.6) is 11.5 Å². The second-order valence-electron chi connectivity index (χ2n) is 9.23. The standard InChI is InChI=1S/C31H23BrFN3O2S/c1-19-5-10-22(11-6-19)37-23-12-8-21(9-13-23)36-30(29(35-31(36)39)26-4-2-3-17-34-26)28-16-15-27(38-28)24-14-7-20(32)18-25(24)33/h2-18,29-30H,1H3,(H,35,39)/t29-,30-/m1/s1. The van der Waals surface area contributed by atoms with E-state index in [0.717, 1.165) is 17.1 Å². The second kappa shape index (κ2) is 10.6. The van der Waals surface area contributed by atoms with Crippen LogP contribution in [-0.4, -0.2) is 10.1 Å². The lowest BCUT2D eigenvalue weighted by Gasteiger charge is -2.26. The second-order valence-corrected chi connectivity index (χ2v) is 10.5. The Morgan fingerprint density at radius 3 is 2.38 bits per heavy atom. The van der Waals surface area contributed by atoms with Gasteiger partial charge < -0.3 is 19.4 Å². The lowest BCUT2D eigenvalue weighted by atomic mass is 10.0. The lowest BCUT2D eigenvalue weighted by Crippen LogP contribution is -2.29. The maximum Gasteiger partial charge on any atom is 0.174 e. The van der Waals surface area contributed by atoms with E-state index in [-0.39, 0.29) is 17.9 Å². The first-order valence-corrected chi connectivity index (χ1v) is 13.6. The SMILES string of the molecule is Cc1ccc(Oc2ccc(N3C(=S)N[C@H](c4ccccn4)[C@H]3c3ccc(-c4ccc(Br)cc4F)o3)cc2)cc1. The highest BCUT2D eigenvalue weighted by atomic mass is 79.9. The largest absolute Gasteiger partial charge is 0.459 e. The summed E-state index contributed by atoms with van der Waals surface area (Å²) in [5, 5.41) is 3.96. The number of ether oxygens (including phenoxy) is 1. The number of aryl methyl sites for hydroxylation is 1. The van der Waals surface area contributed by atoms with Gasteiger partial charge in [0.15, 0.2) is 5.11 Å². The summed E-state index contributed by atoms with van der Waals surface area (Å²) < 4.78 is 27.7. The summed E-state index contributed by atoms with van der Waals surface area (Å²) in [5.74, 6) is 2.19. The van der Waals surface area contributed by atoms with Crippen LogP contribution in [0.3, 0.4) is 0 Å². The Kier molecular flexibility index (Phi) is 6.89. The summed E-state index contributed by atoms with van der Waals surface area (Å²) in [4.78, 5) is 6.58. The Bertz CT molecular complexity index is 1620. The van der Waals surface area contributed by atoms with Crippen molar-refractivity contribution in [1.29, 1.82) is 0 Å². The number of rotatable bonds is 6. The van der Waals surface area contributed by atoms with Crippen LogP contribution >= 0.6 is 28.1 Å². The van der Waals surface area contributed by atoms with Crippen molar-refractivity contribution in [2.75, 3.05) is 4.90 Å². The minimum atomic E-state index is -0.368. The third-order valence-corrected chi connectivity index (χ3v) is 7.39. The van der Waals surface area contributed by atoms with E-state index in [1.54, 1.807) is 24.4 Å². The first kappa shape index (κ1) is 25.3. The van der Waals surface area contributed by atoms with E-state index in [1.807, 2.05) is 84.6 Å². The van der Waals surface area contributed by atoms with E-state index in [2.05, 4.69) is 26.2 Å². The Morgan fingerprint density at radius 2 is 1.69 bits per heavy atom. The predicted octanol–water partition coefficient (Wildman–Crippen LogP) is 8.52. The number of hydrogen-bond donors (Lipinski definition) is 1. The Labute approximate surface area is 239 Å². The molecule has 0 unspecified atom stereocenters. The molecule has 5 aromatic rings. The first-order chi connectivity index (χ1) is 19.0. The van der Waals surface area contributed by atoms with Crippen molar-refractivity contribution in [3.63, 3.8) is 0 Å². The molecule has 0 radical (unpaired) electrons. The van der Waals surface area contributed by atoms with Gasteiger partial charge in [-0.05, 0) is 98.0 Å². The van der Waals surface area contributed by atoms with Gasteiger partial charge in [-0.15, -0.1) is 0 Å². The Morgan fingerprint density at radius 1 is 0.949 bits per heavy atom. The van der Waals surface area contributed by atoms with Gasteiger partial charge in [-0.2, -0.15) is 0 Å². The molecule has 1 aliphatic heterocycles. The fraction of sp³-hybridized carbons (Fsp3) is 0.0968. The molecular formula is C31H23BrFN3O2S. The molecule has 2 aromatic heterocycles. The third kappa shape index (κ3) is 5.17. The fourth-order valence-electron chi connectivity index (χ4n) is 4.68. The number of aromatic nitrogens is 1. The van der Waals surface area contributed by atoms with Gasteiger partial charge in [0.25, 0.3) is 0 Å². The fourth-order valence-corrected chi connectivity index (χ4v) is 5.36. The Balaban J connectivity index is 1.35. The number of furan rings is 1. The molecule has 3 aromatic carbocycles. The zero-order chi connectivity index (χ0) is 26.9. The average molecular weight is 601 g/mol. The van der Waals surface area contributed by atoms with Gasteiger partial charge in [0, 0.05) is 16.4 Å². The number of thiocarbonyl (C=S) groups is 1. The monoisotopic (exact) mass is 599 g/mol. The van der Waals surface area contributed by atoms with Crippen molar-refractivity contribution >= 4 is 38.9 Å². The highest BCUT2D eigenvalue weighted by Crippen LogP contribution is 2.43. The molecule has 1 saturated heterocycles. The zero-order valence-electron chi connectivity index (χ0n) is 20.8. The van der Waals surface area contributed by atoms with Gasteiger partial charge in [-0.25, -0.2) is 4.39 Å². The summed E-state index contributed by atoms with van der Waals surface area (Å²) >= 11 is 9.12. The van der Waals surface area contributed by atoms with E-state index in [9.17, 15) is 4.39 Å². The number of benzene rings is 3. The van der Waals surface area contributed by atoms with E-state index in [0.29, 0.717) is 32.4 Å². The smallest absolute Gasteiger partial charge is 0.174 e. The minimum absolute atomic E-state index is 0.282. The van der Waals surface area contributed by atoms with Gasteiger partial charge >= 0.3 is 0 Å². The summed E-state index contributed by atoms with van der Waals surface area (Å²) in [6.45, 7) is 2.04. The third-order valence-electron chi connectivity index (χ3n) is 6.58. The van der Waals surface area contributed by atoms with E-state index >= 15 is 0 Å². The molecule has 0 bridgehead atoms. The van der Waals surface area contributed by atoms with Crippen molar-refractivity contribution in [1.82, 2.24) is 10.3 Å². The summed E-state index contributed by atoms with van der Waals surface area (Å²) in [6, 6.07) is 29.3. The van der Waals surface area contributed by atoms with Crippen LogP contribution in [0.4, 0.5) is 10.1 Å². The molecule has 0 amide bonds. The minimum Gasteiger partial charge on any atom is -0.459 e. The van der Waals surface area contributed by atoms with Crippen LogP contribution in [0.2, 0.25) is 0 Å². The summed E-state index contributed by atoms with van der Waals surface area (Å²) in [6.07, 6.45) is 1.75. The Hall–Kier alpha value is -4.01. The van der Waals surface area contributed by atoms with Crippen LogP contribution in [0.1, 0.15) is 29.1 Å². The number of pyridine rings is 1. The molecule has 8 heteroatoms. The van der Waals surface area contributed by atoms with E-state index in [1.165, 1.54) is 11.6 Å². The van der Waals surface area contributed by atoms with Crippen molar-refractivity contribution in [3.8, 4) is 22.8 Å². The van der Waals surface area contributed by atoms with Gasteiger partial charge in [0.2, 0.25) is 0 Å². The number of nitrogens with one attached hydrogen (secondary N) is 1. The van der Waals surface area contributed by atoms with Crippen molar-refractivity contribution in [2.45, 2.75) is 19.0 Å². The number of anilines is 1. The quantitative estimate of drug-likeness (QED) is 0.197. The van der Waals surface area contributed by atoms with Crippen molar-refractivity contribution in [2.24, 2.45) is 0 Å². The molecule has 2 atom stereocenters. The van der Waals surface area contributed by atoms with Gasteiger partial charge in [-0.1, -0.05) is 39.7 Å². The maximum absolute atomic E-state index is 14.7. The van der Waals surface area contributed by atoms with Crippen molar-refractivity contribution in [3.05, 3.63) is 131 Å². The van der Waals surface area contributed by atoms with E-state index in [4.69, 9.17) is 21.4 Å². The van der Waals surface area contributed by atoms with E-state index < -0.39 is 0 Å². The highest BCUT2D eigenvalue weighted by molar-refractivity contribution is 9.10. The molecular weight excluding hydrogens is 577 g/mol. The van der Waals surface area contributed by atoms with Crippen molar-refractivity contribution < 1.29 is 13.5 Å². The number of hydrogen-bond acceptors (Lipinski definition) is 4. The van der Waals surface area contributed by atoms with Crippen LogP contribution < -0.4 is 15.0 Å². The molecule has 3 heterocycles.